The number of H-pyrrole nitrogens is 1. The molecular weight excluding hydrogens is 334 g/mol. The van der Waals surface area contributed by atoms with Crippen molar-refractivity contribution in [3.63, 3.8) is 0 Å². The number of hydrogen-bond donors (Lipinski definition) is 3. The molecule has 1 aromatic heterocycles. The zero-order valence-electron chi connectivity index (χ0n) is 14.2. The number of benzene rings is 2. The van der Waals surface area contributed by atoms with E-state index < -0.39 is 0 Å². The van der Waals surface area contributed by atoms with Crippen LogP contribution in [0.15, 0.2) is 48.7 Å². The van der Waals surface area contributed by atoms with Gasteiger partial charge in [0.05, 0.1) is 0 Å². The molecular formula is C20H22ClN3O. The first kappa shape index (κ1) is 17.4. The number of amides is 1. The highest BCUT2D eigenvalue weighted by Crippen LogP contribution is 2.22. The maximum atomic E-state index is 12.0. The van der Waals surface area contributed by atoms with E-state index in [0.717, 1.165) is 28.2 Å². The van der Waals surface area contributed by atoms with Gasteiger partial charge in [-0.15, -0.1) is 0 Å². The molecule has 4 nitrogen and oxygen atoms in total. The van der Waals surface area contributed by atoms with E-state index in [9.17, 15) is 4.79 Å². The van der Waals surface area contributed by atoms with Gasteiger partial charge in [-0.2, -0.15) is 0 Å². The smallest absolute Gasteiger partial charge is 0.221 e. The molecule has 2 aromatic carbocycles. The van der Waals surface area contributed by atoms with Crippen LogP contribution >= 0.6 is 11.6 Å². The molecule has 25 heavy (non-hydrogen) atoms. The zero-order chi connectivity index (χ0) is 17.6. The third-order valence-corrected chi connectivity index (χ3v) is 4.74. The summed E-state index contributed by atoms with van der Waals surface area (Å²) in [5.41, 5.74) is 4.33. The fourth-order valence-corrected chi connectivity index (χ4v) is 3.05. The topological polar surface area (TPSA) is 56.9 Å². The second kappa shape index (κ2) is 8.08. The summed E-state index contributed by atoms with van der Waals surface area (Å²) in [5, 5.41) is 8.19. The Kier molecular flexibility index (Phi) is 5.61. The van der Waals surface area contributed by atoms with Crippen LogP contribution in [0.5, 0.6) is 0 Å². The Morgan fingerprint density at radius 3 is 2.84 bits per heavy atom. The summed E-state index contributed by atoms with van der Waals surface area (Å²) in [7, 11) is 0. The standard InChI is InChI=1S/C20H22ClN3O/c1-14-17(21)6-4-8-18(14)22-12-10-20(25)23-11-9-15-13-24-19-7-3-2-5-16(15)19/h2-8,13,22,24H,9-12H2,1H3,(H,23,25). The second-order valence-corrected chi connectivity index (χ2v) is 6.46. The highest BCUT2D eigenvalue weighted by molar-refractivity contribution is 6.31. The predicted octanol–water partition coefficient (Wildman–Crippen LogP) is 4.29. The number of anilines is 1. The molecule has 0 atom stereocenters. The normalized spacial score (nSPS) is 10.8. The number of halogens is 1. The Morgan fingerprint density at radius 2 is 1.96 bits per heavy atom. The SMILES string of the molecule is Cc1c(Cl)cccc1NCCC(=O)NCCc1c[nH]c2ccccc12. The Labute approximate surface area is 152 Å². The number of aromatic amines is 1. The van der Waals surface area contributed by atoms with Gasteiger partial charge in [-0.05, 0) is 42.7 Å². The number of aromatic nitrogens is 1. The van der Waals surface area contributed by atoms with Crippen LogP contribution in [0, 0.1) is 6.92 Å². The largest absolute Gasteiger partial charge is 0.384 e. The summed E-state index contributed by atoms with van der Waals surface area (Å²) in [6, 6.07) is 13.9. The molecule has 3 N–H and O–H groups in total. The van der Waals surface area contributed by atoms with E-state index in [1.807, 2.05) is 43.5 Å². The first-order chi connectivity index (χ1) is 12.1. The average molecular weight is 356 g/mol. The molecule has 0 aliphatic rings. The highest BCUT2D eigenvalue weighted by Gasteiger charge is 2.06. The number of fused-ring (bicyclic) bond motifs is 1. The van der Waals surface area contributed by atoms with E-state index >= 15 is 0 Å². The monoisotopic (exact) mass is 355 g/mol. The Morgan fingerprint density at radius 1 is 1.12 bits per heavy atom. The summed E-state index contributed by atoms with van der Waals surface area (Å²) in [6.07, 6.45) is 3.26. The lowest BCUT2D eigenvalue weighted by atomic mass is 10.1. The molecule has 3 aromatic rings. The fraction of sp³-hybridized carbons (Fsp3) is 0.250. The minimum Gasteiger partial charge on any atom is -0.384 e. The van der Waals surface area contributed by atoms with E-state index in [1.165, 1.54) is 10.9 Å². The number of rotatable bonds is 7. The molecule has 0 bridgehead atoms. The summed E-state index contributed by atoms with van der Waals surface area (Å²) < 4.78 is 0. The van der Waals surface area contributed by atoms with Crippen LogP contribution in [0.1, 0.15) is 17.5 Å². The van der Waals surface area contributed by atoms with Crippen molar-refractivity contribution in [2.75, 3.05) is 18.4 Å². The van der Waals surface area contributed by atoms with E-state index in [-0.39, 0.29) is 5.91 Å². The molecule has 0 saturated carbocycles. The van der Waals surface area contributed by atoms with Crippen LogP contribution in [0.2, 0.25) is 5.02 Å². The third-order valence-electron chi connectivity index (χ3n) is 4.33. The van der Waals surface area contributed by atoms with Crippen LogP contribution in [-0.2, 0) is 11.2 Å². The zero-order valence-corrected chi connectivity index (χ0v) is 15.0. The van der Waals surface area contributed by atoms with Crippen molar-refractivity contribution >= 4 is 34.1 Å². The summed E-state index contributed by atoms with van der Waals surface area (Å²) in [5.74, 6) is 0.0482. The molecule has 3 rings (SSSR count). The molecule has 130 valence electrons. The molecule has 0 aliphatic carbocycles. The number of carbonyl (C=O) groups is 1. The lowest BCUT2D eigenvalue weighted by Crippen LogP contribution is -2.27. The Hall–Kier alpha value is -2.46. The Bertz CT molecular complexity index is 872. The minimum atomic E-state index is 0.0482. The van der Waals surface area contributed by atoms with Gasteiger partial charge in [-0.3, -0.25) is 4.79 Å². The highest BCUT2D eigenvalue weighted by atomic mass is 35.5. The van der Waals surface area contributed by atoms with Crippen molar-refractivity contribution in [3.8, 4) is 0 Å². The van der Waals surface area contributed by atoms with Gasteiger partial charge in [-0.1, -0.05) is 35.9 Å². The minimum absolute atomic E-state index is 0.0482. The summed E-state index contributed by atoms with van der Waals surface area (Å²) >= 11 is 6.09. The van der Waals surface area contributed by atoms with E-state index in [1.54, 1.807) is 0 Å². The van der Waals surface area contributed by atoms with E-state index in [2.05, 4.69) is 27.8 Å². The summed E-state index contributed by atoms with van der Waals surface area (Å²) in [4.78, 5) is 15.2. The number of carbonyl (C=O) groups excluding carboxylic acids is 1. The first-order valence-electron chi connectivity index (χ1n) is 8.46. The lowest BCUT2D eigenvalue weighted by molar-refractivity contribution is -0.120. The van der Waals surface area contributed by atoms with Crippen LogP contribution in [0.3, 0.4) is 0 Å². The molecule has 0 unspecified atom stereocenters. The van der Waals surface area contributed by atoms with Gasteiger partial charge in [-0.25, -0.2) is 0 Å². The maximum absolute atomic E-state index is 12.0. The lowest BCUT2D eigenvalue weighted by Gasteiger charge is -2.10. The van der Waals surface area contributed by atoms with Crippen LogP contribution < -0.4 is 10.6 Å². The van der Waals surface area contributed by atoms with Crippen molar-refractivity contribution in [2.45, 2.75) is 19.8 Å². The maximum Gasteiger partial charge on any atom is 0.221 e. The molecule has 0 fully saturated rings. The van der Waals surface area contributed by atoms with Crippen molar-refractivity contribution < 1.29 is 4.79 Å². The van der Waals surface area contributed by atoms with E-state index in [0.29, 0.717) is 19.5 Å². The van der Waals surface area contributed by atoms with Gasteiger partial charge in [0, 0.05) is 47.3 Å². The molecule has 0 saturated heterocycles. The predicted molar refractivity (Wildman–Crippen MR) is 104 cm³/mol. The fourth-order valence-electron chi connectivity index (χ4n) is 2.87. The molecule has 0 radical (unpaired) electrons. The molecule has 0 aliphatic heterocycles. The van der Waals surface area contributed by atoms with Gasteiger partial charge in [0.2, 0.25) is 5.91 Å². The van der Waals surface area contributed by atoms with Gasteiger partial charge in [0.15, 0.2) is 0 Å². The second-order valence-electron chi connectivity index (χ2n) is 6.05. The summed E-state index contributed by atoms with van der Waals surface area (Å²) in [6.45, 7) is 3.18. The van der Waals surface area contributed by atoms with Crippen molar-refractivity contribution in [1.29, 1.82) is 0 Å². The number of nitrogens with one attached hydrogen (secondary N) is 3. The van der Waals surface area contributed by atoms with Gasteiger partial charge in [0.1, 0.15) is 0 Å². The number of para-hydroxylation sites is 1. The first-order valence-corrected chi connectivity index (χ1v) is 8.83. The molecule has 1 heterocycles. The van der Waals surface area contributed by atoms with Crippen LogP contribution in [0.4, 0.5) is 5.69 Å². The number of hydrogen-bond acceptors (Lipinski definition) is 2. The van der Waals surface area contributed by atoms with E-state index in [4.69, 9.17) is 11.6 Å². The Balaban J connectivity index is 1.42. The average Bonchev–Trinajstić information content (AvgIpc) is 3.02. The van der Waals surface area contributed by atoms with Crippen LogP contribution in [-0.4, -0.2) is 24.0 Å². The molecule has 5 heteroatoms. The van der Waals surface area contributed by atoms with Crippen molar-refractivity contribution in [3.05, 3.63) is 64.8 Å². The van der Waals surface area contributed by atoms with Gasteiger partial charge >= 0.3 is 0 Å². The van der Waals surface area contributed by atoms with Crippen LogP contribution in [0.25, 0.3) is 10.9 Å². The van der Waals surface area contributed by atoms with Crippen molar-refractivity contribution in [2.24, 2.45) is 0 Å². The van der Waals surface area contributed by atoms with Crippen molar-refractivity contribution in [1.82, 2.24) is 10.3 Å². The van der Waals surface area contributed by atoms with Gasteiger partial charge < -0.3 is 15.6 Å². The quantitative estimate of drug-likeness (QED) is 0.592. The third kappa shape index (κ3) is 4.34. The molecule has 1 amide bonds. The molecule has 0 spiro atoms. The van der Waals surface area contributed by atoms with Gasteiger partial charge in [0.25, 0.3) is 0 Å².